The van der Waals surface area contributed by atoms with E-state index in [0.717, 1.165) is 26.1 Å². The minimum absolute atomic E-state index is 0. The molecule has 14 heavy (non-hydrogen) atoms. The lowest BCUT2D eigenvalue weighted by Crippen LogP contribution is -2.26. The van der Waals surface area contributed by atoms with E-state index in [1.807, 2.05) is 0 Å². The standard InChI is InChI=1S/C10H15NOS.ClH/c11-10(9-2-1-7-13-9)8-3-5-12-6-4-8;/h1-2,7-8,10H,3-6,11H2;1H/t10-;/m1./s1. The van der Waals surface area contributed by atoms with E-state index in [-0.39, 0.29) is 18.4 Å². The number of thiophene rings is 1. The monoisotopic (exact) mass is 233 g/mol. The lowest BCUT2D eigenvalue weighted by atomic mass is 9.91. The summed E-state index contributed by atoms with van der Waals surface area (Å²) in [5.41, 5.74) is 6.17. The third-order valence-corrected chi connectivity index (χ3v) is 3.62. The molecular formula is C10H16ClNOS. The highest BCUT2D eigenvalue weighted by atomic mass is 35.5. The first kappa shape index (κ1) is 12.0. The first-order valence-electron chi connectivity index (χ1n) is 4.74. The number of hydrogen-bond donors (Lipinski definition) is 1. The molecule has 1 aromatic rings. The van der Waals surface area contributed by atoms with Crippen molar-refractivity contribution in [1.82, 2.24) is 0 Å². The zero-order valence-electron chi connectivity index (χ0n) is 8.02. The minimum atomic E-state index is 0. The molecule has 1 aliphatic rings. The Balaban J connectivity index is 0.000000980. The van der Waals surface area contributed by atoms with Crippen LogP contribution in [0.4, 0.5) is 0 Å². The lowest BCUT2D eigenvalue weighted by molar-refractivity contribution is 0.0587. The smallest absolute Gasteiger partial charge is 0.0469 e. The van der Waals surface area contributed by atoms with Crippen molar-refractivity contribution in [3.8, 4) is 0 Å². The van der Waals surface area contributed by atoms with Gasteiger partial charge in [0, 0.05) is 24.1 Å². The Morgan fingerprint density at radius 3 is 2.71 bits per heavy atom. The van der Waals surface area contributed by atoms with Crippen molar-refractivity contribution in [2.45, 2.75) is 18.9 Å². The van der Waals surface area contributed by atoms with Gasteiger partial charge in [-0.15, -0.1) is 23.7 Å². The summed E-state index contributed by atoms with van der Waals surface area (Å²) in [4.78, 5) is 1.31. The van der Waals surface area contributed by atoms with Crippen LogP contribution >= 0.6 is 23.7 Å². The number of rotatable bonds is 2. The Hall–Kier alpha value is -0.0900. The van der Waals surface area contributed by atoms with Crippen LogP contribution in [0.2, 0.25) is 0 Å². The second-order valence-electron chi connectivity index (χ2n) is 3.49. The van der Waals surface area contributed by atoms with Crippen LogP contribution in [0.1, 0.15) is 23.8 Å². The van der Waals surface area contributed by atoms with Crippen LogP contribution in [-0.2, 0) is 4.74 Å². The molecule has 0 aromatic carbocycles. The molecule has 80 valence electrons. The highest BCUT2D eigenvalue weighted by molar-refractivity contribution is 7.10. The molecule has 2 heterocycles. The van der Waals surface area contributed by atoms with E-state index in [1.54, 1.807) is 11.3 Å². The lowest BCUT2D eigenvalue weighted by Gasteiger charge is -2.26. The van der Waals surface area contributed by atoms with Crippen LogP contribution in [0.15, 0.2) is 17.5 Å². The van der Waals surface area contributed by atoms with Gasteiger partial charge in [0.1, 0.15) is 0 Å². The van der Waals surface area contributed by atoms with E-state index in [4.69, 9.17) is 10.5 Å². The Labute approximate surface area is 94.9 Å². The molecule has 0 unspecified atom stereocenters. The summed E-state index contributed by atoms with van der Waals surface area (Å²) >= 11 is 1.76. The van der Waals surface area contributed by atoms with Gasteiger partial charge in [-0.3, -0.25) is 0 Å². The number of hydrogen-bond acceptors (Lipinski definition) is 3. The van der Waals surface area contributed by atoms with Crippen molar-refractivity contribution in [1.29, 1.82) is 0 Å². The predicted octanol–water partition coefficient (Wildman–Crippen LogP) is 2.60. The molecule has 0 bridgehead atoms. The quantitative estimate of drug-likeness (QED) is 0.852. The molecule has 0 spiro atoms. The van der Waals surface area contributed by atoms with E-state index in [1.165, 1.54) is 4.88 Å². The van der Waals surface area contributed by atoms with E-state index < -0.39 is 0 Å². The Kier molecular flexibility index (Phi) is 4.89. The van der Waals surface area contributed by atoms with Crippen LogP contribution in [-0.4, -0.2) is 13.2 Å². The maximum Gasteiger partial charge on any atom is 0.0469 e. The van der Waals surface area contributed by atoms with Crippen LogP contribution < -0.4 is 5.73 Å². The molecular weight excluding hydrogens is 218 g/mol. The van der Waals surface area contributed by atoms with Crippen LogP contribution in [0.5, 0.6) is 0 Å². The van der Waals surface area contributed by atoms with E-state index in [2.05, 4.69) is 17.5 Å². The van der Waals surface area contributed by atoms with Crippen LogP contribution in [0.3, 0.4) is 0 Å². The first-order chi connectivity index (χ1) is 6.38. The number of halogens is 1. The van der Waals surface area contributed by atoms with Crippen molar-refractivity contribution in [2.24, 2.45) is 11.7 Å². The van der Waals surface area contributed by atoms with Gasteiger partial charge in [0.05, 0.1) is 0 Å². The van der Waals surface area contributed by atoms with Gasteiger partial charge >= 0.3 is 0 Å². The fourth-order valence-corrected chi connectivity index (χ4v) is 2.61. The highest BCUT2D eigenvalue weighted by Gasteiger charge is 2.22. The zero-order valence-corrected chi connectivity index (χ0v) is 9.65. The van der Waals surface area contributed by atoms with Gasteiger partial charge in [-0.05, 0) is 30.2 Å². The zero-order chi connectivity index (χ0) is 9.10. The SMILES string of the molecule is Cl.N[C@@H](c1cccs1)C1CCOCC1. The predicted molar refractivity (Wildman–Crippen MR) is 62.0 cm³/mol. The molecule has 0 aliphatic carbocycles. The van der Waals surface area contributed by atoms with E-state index in [9.17, 15) is 0 Å². The number of ether oxygens (including phenoxy) is 1. The molecule has 2 N–H and O–H groups in total. The Bertz CT molecular complexity index is 247. The molecule has 0 radical (unpaired) electrons. The topological polar surface area (TPSA) is 35.2 Å². The van der Waals surface area contributed by atoms with Gasteiger partial charge in [-0.1, -0.05) is 6.07 Å². The van der Waals surface area contributed by atoms with Gasteiger partial charge in [0.15, 0.2) is 0 Å². The molecule has 1 aliphatic heterocycles. The summed E-state index contributed by atoms with van der Waals surface area (Å²) in [5.74, 6) is 0.618. The molecule has 0 saturated carbocycles. The van der Waals surface area contributed by atoms with E-state index in [0.29, 0.717) is 5.92 Å². The summed E-state index contributed by atoms with van der Waals surface area (Å²) in [7, 11) is 0. The summed E-state index contributed by atoms with van der Waals surface area (Å²) < 4.78 is 5.32. The van der Waals surface area contributed by atoms with Crippen molar-refractivity contribution >= 4 is 23.7 Å². The molecule has 2 nitrogen and oxygen atoms in total. The molecule has 2 rings (SSSR count). The average Bonchev–Trinajstić information content (AvgIpc) is 2.71. The van der Waals surface area contributed by atoms with Crippen LogP contribution in [0, 0.1) is 5.92 Å². The first-order valence-corrected chi connectivity index (χ1v) is 5.62. The van der Waals surface area contributed by atoms with Gasteiger partial charge in [-0.2, -0.15) is 0 Å². The second-order valence-corrected chi connectivity index (χ2v) is 4.47. The maximum absolute atomic E-state index is 6.17. The van der Waals surface area contributed by atoms with Crippen LogP contribution in [0.25, 0.3) is 0 Å². The van der Waals surface area contributed by atoms with Gasteiger partial charge in [0.25, 0.3) is 0 Å². The summed E-state index contributed by atoms with van der Waals surface area (Å²) in [6.45, 7) is 1.76. The number of nitrogens with two attached hydrogens (primary N) is 1. The molecule has 1 saturated heterocycles. The normalized spacial score (nSPS) is 20.1. The maximum atomic E-state index is 6.17. The summed E-state index contributed by atoms with van der Waals surface area (Å²) in [5, 5.41) is 2.09. The fourth-order valence-electron chi connectivity index (χ4n) is 1.79. The summed E-state index contributed by atoms with van der Waals surface area (Å²) in [6, 6.07) is 4.42. The molecule has 0 amide bonds. The fraction of sp³-hybridized carbons (Fsp3) is 0.600. The van der Waals surface area contributed by atoms with E-state index >= 15 is 0 Å². The van der Waals surface area contributed by atoms with Gasteiger partial charge in [-0.25, -0.2) is 0 Å². The van der Waals surface area contributed by atoms with Gasteiger partial charge < -0.3 is 10.5 Å². The van der Waals surface area contributed by atoms with Crippen molar-refractivity contribution in [3.05, 3.63) is 22.4 Å². The third-order valence-electron chi connectivity index (χ3n) is 2.65. The second kappa shape index (κ2) is 5.71. The largest absolute Gasteiger partial charge is 0.381 e. The highest BCUT2D eigenvalue weighted by Crippen LogP contribution is 2.30. The van der Waals surface area contributed by atoms with Crippen molar-refractivity contribution < 1.29 is 4.74 Å². The molecule has 1 fully saturated rings. The van der Waals surface area contributed by atoms with Gasteiger partial charge in [0.2, 0.25) is 0 Å². The summed E-state index contributed by atoms with van der Waals surface area (Å²) in [6.07, 6.45) is 2.22. The molecule has 1 aromatic heterocycles. The minimum Gasteiger partial charge on any atom is -0.381 e. The molecule has 4 heteroatoms. The Morgan fingerprint density at radius 1 is 1.43 bits per heavy atom. The third kappa shape index (κ3) is 2.70. The molecule has 1 atom stereocenters. The van der Waals surface area contributed by atoms with Crippen molar-refractivity contribution in [3.63, 3.8) is 0 Å². The average molecular weight is 234 g/mol. The van der Waals surface area contributed by atoms with Crippen molar-refractivity contribution in [2.75, 3.05) is 13.2 Å². The Morgan fingerprint density at radius 2 is 2.14 bits per heavy atom.